The van der Waals surface area contributed by atoms with Crippen molar-refractivity contribution < 1.29 is 19.0 Å². The molecule has 8 nitrogen and oxygen atoms in total. The standard InChI is InChI=1S/C21H38N4O4/c1-15-17(25(21(5,6)28-15)19(26)29-20(2,3)4)14-24-18(22-7)23-11-8-16-9-12-27-13-10-16/h9,15,17H,8,10-14H2,1-7H3,(H2,22,23,24). The van der Waals surface area contributed by atoms with E-state index in [2.05, 4.69) is 21.7 Å². The molecule has 0 aromatic carbocycles. The van der Waals surface area contributed by atoms with E-state index < -0.39 is 11.3 Å². The largest absolute Gasteiger partial charge is 0.444 e. The van der Waals surface area contributed by atoms with Crippen molar-refractivity contribution in [3.05, 3.63) is 11.6 Å². The third-order valence-electron chi connectivity index (χ3n) is 5.02. The molecular formula is C21H38N4O4. The highest BCUT2D eigenvalue weighted by molar-refractivity contribution is 5.79. The van der Waals surface area contributed by atoms with Crippen molar-refractivity contribution in [1.82, 2.24) is 15.5 Å². The van der Waals surface area contributed by atoms with Crippen LogP contribution in [0.3, 0.4) is 0 Å². The lowest BCUT2D eigenvalue weighted by atomic mass is 10.1. The Kier molecular flexibility index (Phi) is 7.94. The number of ether oxygens (including phenoxy) is 3. The fourth-order valence-corrected chi connectivity index (χ4v) is 3.68. The van der Waals surface area contributed by atoms with Gasteiger partial charge in [0.15, 0.2) is 5.96 Å². The summed E-state index contributed by atoms with van der Waals surface area (Å²) in [4.78, 5) is 18.8. The van der Waals surface area contributed by atoms with Crippen LogP contribution in [0.15, 0.2) is 16.6 Å². The van der Waals surface area contributed by atoms with E-state index >= 15 is 0 Å². The first-order valence-electron chi connectivity index (χ1n) is 10.4. The second-order valence-electron chi connectivity index (χ2n) is 9.00. The molecule has 2 rings (SSSR count). The van der Waals surface area contributed by atoms with Gasteiger partial charge < -0.3 is 24.8 Å². The molecular weight excluding hydrogens is 372 g/mol. The maximum Gasteiger partial charge on any atom is 0.412 e. The van der Waals surface area contributed by atoms with Gasteiger partial charge in [0.2, 0.25) is 0 Å². The first-order chi connectivity index (χ1) is 13.5. The average molecular weight is 411 g/mol. The number of nitrogens with one attached hydrogen (secondary N) is 2. The number of rotatable bonds is 5. The Balaban J connectivity index is 1.92. The summed E-state index contributed by atoms with van der Waals surface area (Å²) in [6, 6.07) is -0.170. The highest BCUT2D eigenvalue weighted by Gasteiger charge is 2.49. The minimum absolute atomic E-state index is 0.129. The molecule has 166 valence electrons. The highest BCUT2D eigenvalue weighted by Crippen LogP contribution is 2.33. The molecule has 0 saturated carbocycles. The maximum atomic E-state index is 12.8. The summed E-state index contributed by atoms with van der Waals surface area (Å²) in [6.07, 6.45) is 3.61. The molecule has 1 amide bonds. The molecule has 2 aliphatic heterocycles. The van der Waals surface area contributed by atoms with Gasteiger partial charge in [-0.25, -0.2) is 4.79 Å². The number of guanidine groups is 1. The van der Waals surface area contributed by atoms with Crippen molar-refractivity contribution in [2.45, 2.75) is 77.9 Å². The number of carbonyl (C=O) groups is 1. The third kappa shape index (κ3) is 6.89. The predicted molar refractivity (Wildman–Crippen MR) is 114 cm³/mol. The van der Waals surface area contributed by atoms with Crippen LogP contribution in [-0.2, 0) is 14.2 Å². The molecule has 1 saturated heterocycles. The molecule has 2 N–H and O–H groups in total. The highest BCUT2D eigenvalue weighted by atomic mass is 16.6. The van der Waals surface area contributed by atoms with Crippen LogP contribution in [-0.4, -0.2) is 73.8 Å². The van der Waals surface area contributed by atoms with E-state index in [0.717, 1.165) is 26.0 Å². The molecule has 0 aromatic heterocycles. The normalized spacial score (nSPS) is 24.9. The van der Waals surface area contributed by atoms with E-state index in [9.17, 15) is 4.79 Å². The van der Waals surface area contributed by atoms with Gasteiger partial charge in [0, 0.05) is 20.1 Å². The number of nitrogens with zero attached hydrogens (tertiary/aromatic N) is 2. The summed E-state index contributed by atoms with van der Waals surface area (Å²) in [5, 5.41) is 6.67. The minimum atomic E-state index is -0.736. The van der Waals surface area contributed by atoms with Crippen LogP contribution in [0.4, 0.5) is 4.79 Å². The fraction of sp³-hybridized carbons (Fsp3) is 0.810. The number of aliphatic imine (C=N–C) groups is 1. The van der Waals surface area contributed by atoms with Gasteiger partial charge in [-0.3, -0.25) is 9.89 Å². The van der Waals surface area contributed by atoms with Crippen molar-refractivity contribution in [3.8, 4) is 0 Å². The Labute approximate surface area is 175 Å². The monoisotopic (exact) mass is 410 g/mol. The van der Waals surface area contributed by atoms with Gasteiger partial charge in [0.1, 0.15) is 11.3 Å². The Morgan fingerprint density at radius 1 is 1.38 bits per heavy atom. The van der Waals surface area contributed by atoms with E-state index in [-0.39, 0.29) is 18.2 Å². The molecule has 29 heavy (non-hydrogen) atoms. The van der Waals surface area contributed by atoms with E-state index in [1.165, 1.54) is 5.57 Å². The lowest BCUT2D eigenvalue weighted by molar-refractivity contribution is -0.0755. The van der Waals surface area contributed by atoms with Crippen molar-refractivity contribution in [1.29, 1.82) is 0 Å². The van der Waals surface area contributed by atoms with Crippen LogP contribution >= 0.6 is 0 Å². The Morgan fingerprint density at radius 3 is 2.69 bits per heavy atom. The smallest absolute Gasteiger partial charge is 0.412 e. The average Bonchev–Trinajstić information content (AvgIpc) is 2.85. The Hall–Kier alpha value is -1.80. The zero-order valence-corrected chi connectivity index (χ0v) is 19.0. The Morgan fingerprint density at radius 2 is 2.10 bits per heavy atom. The van der Waals surface area contributed by atoms with Gasteiger partial charge in [0.05, 0.1) is 25.4 Å². The second kappa shape index (κ2) is 9.80. The van der Waals surface area contributed by atoms with Gasteiger partial charge in [-0.15, -0.1) is 0 Å². The van der Waals surface area contributed by atoms with E-state index in [0.29, 0.717) is 19.1 Å². The maximum absolute atomic E-state index is 12.8. The molecule has 2 unspecified atom stereocenters. The van der Waals surface area contributed by atoms with E-state index in [4.69, 9.17) is 14.2 Å². The van der Waals surface area contributed by atoms with Gasteiger partial charge >= 0.3 is 6.09 Å². The molecule has 0 spiro atoms. The molecule has 2 atom stereocenters. The van der Waals surface area contributed by atoms with Crippen LogP contribution < -0.4 is 10.6 Å². The summed E-state index contributed by atoms with van der Waals surface area (Å²) in [7, 11) is 1.74. The second-order valence-corrected chi connectivity index (χ2v) is 9.00. The molecule has 8 heteroatoms. The molecule has 0 bridgehead atoms. The summed E-state index contributed by atoms with van der Waals surface area (Å²) < 4.78 is 17.0. The zero-order chi connectivity index (χ0) is 21.7. The first-order valence-corrected chi connectivity index (χ1v) is 10.4. The molecule has 2 aliphatic rings. The van der Waals surface area contributed by atoms with Crippen LogP contribution in [0.5, 0.6) is 0 Å². The van der Waals surface area contributed by atoms with Crippen LogP contribution in [0.25, 0.3) is 0 Å². The Bertz CT molecular complexity index is 625. The number of amides is 1. The van der Waals surface area contributed by atoms with Gasteiger partial charge in [0.25, 0.3) is 0 Å². The molecule has 0 radical (unpaired) electrons. The zero-order valence-electron chi connectivity index (χ0n) is 19.0. The van der Waals surface area contributed by atoms with Crippen molar-refractivity contribution >= 4 is 12.1 Å². The molecule has 0 aromatic rings. The van der Waals surface area contributed by atoms with Crippen molar-refractivity contribution in [3.63, 3.8) is 0 Å². The molecule has 2 heterocycles. The van der Waals surface area contributed by atoms with Gasteiger partial charge in [-0.05, 0) is 54.4 Å². The fourth-order valence-electron chi connectivity index (χ4n) is 3.68. The lowest BCUT2D eigenvalue weighted by Crippen LogP contribution is -2.54. The topological polar surface area (TPSA) is 84.4 Å². The first kappa shape index (κ1) is 23.5. The van der Waals surface area contributed by atoms with Gasteiger partial charge in [-0.2, -0.15) is 0 Å². The summed E-state index contributed by atoms with van der Waals surface area (Å²) in [5.74, 6) is 0.707. The molecule has 0 aliphatic carbocycles. The van der Waals surface area contributed by atoms with Crippen LogP contribution in [0, 0.1) is 0 Å². The summed E-state index contributed by atoms with van der Waals surface area (Å²) >= 11 is 0. The SMILES string of the molecule is CN=C(NCCC1=CCOCC1)NCC1C(C)OC(C)(C)N1C(=O)OC(C)(C)C. The molecule has 1 fully saturated rings. The van der Waals surface area contributed by atoms with Crippen LogP contribution in [0.2, 0.25) is 0 Å². The van der Waals surface area contributed by atoms with Gasteiger partial charge in [-0.1, -0.05) is 11.6 Å². The quantitative estimate of drug-likeness (QED) is 0.412. The lowest BCUT2D eigenvalue weighted by Gasteiger charge is -2.35. The summed E-state index contributed by atoms with van der Waals surface area (Å²) in [6.45, 7) is 14.2. The van der Waals surface area contributed by atoms with Crippen molar-refractivity contribution in [2.24, 2.45) is 4.99 Å². The van der Waals surface area contributed by atoms with Crippen LogP contribution in [0.1, 0.15) is 54.4 Å². The number of hydrogen-bond acceptors (Lipinski definition) is 5. The van der Waals surface area contributed by atoms with E-state index in [1.807, 2.05) is 41.5 Å². The minimum Gasteiger partial charge on any atom is -0.444 e. The van der Waals surface area contributed by atoms with Crippen molar-refractivity contribution in [2.75, 3.05) is 33.4 Å². The third-order valence-corrected chi connectivity index (χ3v) is 5.02. The predicted octanol–water partition coefficient (Wildman–Crippen LogP) is 2.65. The number of hydrogen-bond donors (Lipinski definition) is 2. The number of carbonyl (C=O) groups excluding carboxylic acids is 1. The summed E-state index contributed by atoms with van der Waals surface area (Å²) in [5.41, 5.74) is 0.114. The van der Waals surface area contributed by atoms with E-state index in [1.54, 1.807) is 11.9 Å².